The molecule has 4 rings (SSSR count). The van der Waals surface area contributed by atoms with Crippen LogP contribution < -0.4 is 0 Å². The number of hydrogen-bond donors (Lipinski definition) is 0. The van der Waals surface area contributed by atoms with Gasteiger partial charge in [0.25, 0.3) is 0 Å². The maximum Gasteiger partial charge on any atom is 0.234 e. The summed E-state index contributed by atoms with van der Waals surface area (Å²) in [5, 5.41) is 0. The lowest BCUT2D eigenvalue weighted by molar-refractivity contribution is 0.211. The van der Waals surface area contributed by atoms with Crippen molar-refractivity contribution in [2.24, 2.45) is 0 Å². The molecule has 2 heterocycles. The Labute approximate surface area is 143 Å². The summed E-state index contributed by atoms with van der Waals surface area (Å²) in [5.74, 6) is 0.806. The Morgan fingerprint density at radius 3 is 2.92 bits per heavy atom. The van der Waals surface area contributed by atoms with Crippen molar-refractivity contribution in [2.45, 2.75) is 45.7 Å². The van der Waals surface area contributed by atoms with Crippen molar-refractivity contribution in [3.8, 4) is 0 Å². The van der Waals surface area contributed by atoms with Crippen molar-refractivity contribution in [3.63, 3.8) is 0 Å². The van der Waals surface area contributed by atoms with Crippen LogP contribution in [0.4, 0.5) is 0 Å². The molecular formula is C20H24N4. The fourth-order valence-corrected chi connectivity index (χ4v) is 3.95. The van der Waals surface area contributed by atoms with Crippen molar-refractivity contribution < 1.29 is 0 Å². The zero-order valence-corrected chi connectivity index (χ0v) is 14.7. The molecule has 4 nitrogen and oxygen atoms in total. The highest BCUT2D eigenvalue weighted by atomic mass is 15.2. The molecule has 124 valence electrons. The molecule has 4 heteroatoms. The van der Waals surface area contributed by atoms with Gasteiger partial charge in [0.05, 0.1) is 5.69 Å². The molecule has 24 heavy (non-hydrogen) atoms. The third kappa shape index (κ3) is 2.71. The molecule has 0 bridgehead atoms. The third-order valence-corrected chi connectivity index (χ3v) is 5.09. The minimum absolute atomic E-state index is 0.482. The van der Waals surface area contributed by atoms with Gasteiger partial charge < -0.3 is 0 Å². The maximum absolute atomic E-state index is 4.74. The van der Waals surface area contributed by atoms with Gasteiger partial charge in [-0.15, -0.1) is 0 Å². The van der Waals surface area contributed by atoms with Gasteiger partial charge in [-0.25, -0.2) is 9.97 Å². The number of rotatable bonds is 3. The number of aromatic nitrogens is 3. The van der Waals surface area contributed by atoms with Crippen LogP contribution in [-0.2, 0) is 13.0 Å². The van der Waals surface area contributed by atoms with Gasteiger partial charge in [0.15, 0.2) is 0 Å². The van der Waals surface area contributed by atoms with E-state index in [-0.39, 0.29) is 0 Å². The lowest BCUT2D eigenvalue weighted by atomic mass is 9.87. The first-order chi connectivity index (χ1) is 11.6. The number of fused-ring (bicyclic) bond motifs is 2. The molecule has 1 aliphatic rings. The summed E-state index contributed by atoms with van der Waals surface area (Å²) < 4.78 is 2.09. The summed E-state index contributed by atoms with van der Waals surface area (Å²) in [6, 6.07) is 11.5. The average Bonchev–Trinajstić information content (AvgIpc) is 2.97. The molecule has 1 aliphatic carbocycles. The Morgan fingerprint density at radius 2 is 2.04 bits per heavy atom. The SMILES string of the molecule is Cc1cc(C)n2cc(CN(C)[C@@H]3CCCc4ccccc43)nc2n1. The molecule has 0 spiro atoms. The first-order valence-electron chi connectivity index (χ1n) is 8.72. The van der Waals surface area contributed by atoms with Crippen molar-refractivity contribution in [1.29, 1.82) is 0 Å². The van der Waals surface area contributed by atoms with Crippen LogP contribution in [0, 0.1) is 13.8 Å². The molecule has 0 aliphatic heterocycles. The van der Waals surface area contributed by atoms with Crippen LogP contribution in [0.2, 0.25) is 0 Å². The van der Waals surface area contributed by atoms with Gasteiger partial charge in [-0.3, -0.25) is 9.30 Å². The van der Waals surface area contributed by atoms with E-state index < -0.39 is 0 Å². The Balaban J connectivity index is 1.61. The van der Waals surface area contributed by atoms with Crippen LogP contribution in [0.3, 0.4) is 0 Å². The molecule has 0 saturated heterocycles. The number of nitrogens with zero attached hydrogens (tertiary/aromatic N) is 4. The highest BCUT2D eigenvalue weighted by Gasteiger charge is 2.24. The molecule has 0 amide bonds. The molecule has 1 atom stereocenters. The Bertz CT molecular complexity index is 880. The predicted octanol–water partition coefficient (Wildman–Crippen LogP) is 3.86. The van der Waals surface area contributed by atoms with Gasteiger partial charge in [-0.1, -0.05) is 24.3 Å². The van der Waals surface area contributed by atoms with Crippen LogP contribution in [0.25, 0.3) is 5.78 Å². The summed E-state index contributed by atoms with van der Waals surface area (Å²) in [6.45, 7) is 4.97. The fourth-order valence-electron chi connectivity index (χ4n) is 3.95. The van der Waals surface area contributed by atoms with E-state index in [2.05, 4.69) is 64.8 Å². The molecule has 0 N–H and O–H groups in total. The summed E-state index contributed by atoms with van der Waals surface area (Å²) in [6.07, 6.45) is 5.81. The molecule has 0 fully saturated rings. The highest BCUT2D eigenvalue weighted by molar-refractivity contribution is 5.35. The fraction of sp³-hybridized carbons (Fsp3) is 0.400. The second-order valence-electron chi connectivity index (χ2n) is 6.96. The molecule has 0 unspecified atom stereocenters. The number of aryl methyl sites for hydroxylation is 3. The van der Waals surface area contributed by atoms with Gasteiger partial charge in [0, 0.05) is 30.2 Å². The van der Waals surface area contributed by atoms with Gasteiger partial charge in [0.2, 0.25) is 5.78 Å². The van der Waals surface area contributed by atoms with Crippen molar-refractivity contribution >= 4 is 5.78 Å². The quantitative estimate of drug-likeness (QED) is 0.735. The number of hydrogen-bond acceptors (Lipinski definition) is 3. The largest absolute Gasteiger partial charge is 0.293 e. The van der Waals surface area contributed by atoms with Crippen LogP contribution in [0.15, 0.2) is 36.5 Å². The maximum atomic E-state index is 4.74. The zero-order valence-electron chi connectivity index (χ0n) is 14.7. The number of benzene rings is 1. The van der Waals surface area contributed by atoms with Crippen LogP contribution in [0.5, 0.6) is 0 Å². The molecule has 0 saturated carbocycles. The topological polar surface area (TPSA) is 33.4 Å². The standard InChI is InChI=1S/C20H24N4/c1-14-11-15(2)24-13-17(22-20(24)21-14)12-23(3)19-10-6-8-16-7-4-5-9-18(16)19/h4-5,7,9,11,13,19H,6,8,10,12H2,1-3H3/t19-/m1/s1. The van der Waals surface area contributed by atoms with E-state index in [0.717, 1.165) is 23.7 Å². The minimum atomic E-state index is 0.482. The Hall–Kier alpha value is -2.20. The van der Waals surface area contributed by atoms with E-state index in [1.807, 2.05) is 6.92 Å². The Morgan fingerprint density at radius 1 is 1.21 bits per heavy atom. The lowest BCUT2D eigenvalue weighted by Crippen LogP contribution is -2.27. The van der Waals surface area contributed by atoms with E-state index in [0.29, 0.717) is 6.04 Å². The smallest absolute Gasteiger partial charge is 0.234 e. The monoisotopic (exact) mass is 320 g/mol. The van der Waals surface area contributed by atoms with Crippen molar-refractivity contribution in [3.05, 3.63) is 64.7 Å². The van der Waals surface area contributed by atoms with E-state index in [1.54, 1.807) is 0 Å². The van der Waals surface area contributed by atoms with Crippen LogP contribution >= 0.6 is 0 Å². The predicted molar refractivity (Wildman–Crippen MR) is 96.0 cm³/mol. The lowest BCUT2D eigenvalue weighted by Gasteiger charge is -2.32. The van der Waals surface area contributed by atoms with E-state index in [9.17, 15) is 0 Å². The minimum Gasteiger partial charge on any atom is -0.293 e. The summed E-state index contributed by atoms with van der Waals surface area (Å²) >= 11 is 0. The van der Waals surface area contributed by atoms with Crippen molar-refractivity contribution in [1.82, 2.24) is 19.3 Å². The van der Waals surface area contributed by atoms with Gasteiger partial charge in [0.1, 0.15) is 0 Å². The second kappa shape index (κ2) is 6.02. The van der Waals surface area contributed by atoms with E-state index in [4.69, 9.17) is 4.98 Å². The van der Waals surface area contributed by atoms with E-state index in [1.165, 1.54) is 36.1 Å². The molecule has 0 radical (unpaired) electrons. The zero-order chi connectivity index (χ0) is 16.7. The van der Waals surface area contributed by atoms with Gasteiger partial charge >= 0.3 is 0 Å². The average molecular weight is 320 g/mol. The van der Waals surface area contributed by atoms with Crippen LogP contribution in [-0.4, -0.2) is 26.3 Å². The van der Waals surface area contributed by atoms with Crippen LogP contribution in [0.1, 0.15) is 47.1 Å². The van der Waals surface area contributed by atoms with Gasteiger partial charge in [-0.05, 0) is 57.4 Å². The first-order valence-corrected chi connectivity index (χ1v) is 8.72. The normalized spacial score (nSPS) is 17.4. The van der Waals surface area contributed by atoms with Gasteiger partial charge in [-0.2, -0.15) is 0 Å². The summed E-state index contributed by atoms with van der Waals surface area (Å²) in [7, 11) is 2.21. The summed E-state index contributed by atoms with van der Waals surface area (Å²) in [5.41, 5.74) is 6.28. The van der Waals surface area contributed by atoms with Crippen molar-refractivity contribution in [2.75, 3.05) is 7.05 Å². The van der Waals surface area contributed by atoms with E-state index >= 15 is 0 Å². The second-order valence-corrected chi connectivity index (χ2v) is 6.96. The molecule has 1 aromatic carbocycles. The molecule has 2 aromatic heterocycles. The summed E-state index contributed by atoms with van der Waals surface area (Å²) in [4.78, 5) is 11.7. The molecular weight excluding hydrogens is 296 g/mol. The first kappa shape index (κ1) is 15.3. The number of imidazole rings is 1. The third-order valence-electron chi connectivity index (χ3n) is 5.09. The Kier molecular flexibility index (Phi) is 3.85. The highest BCUT2D eigenvalue weighted by Crippen LogP contribution is 2.34. The molecule has 3 aromatic rings.